The van der Waals surface area contributed by atoms with Crippen LogP contribution in [0.2, 0.25) is 0 Å². The molecule has 0 saturated carbocycles. The fourth-order valence-corrected chi connectivity index (χ4v) is 4.02. The van der Waals surface area contributed by atoms with Crippen molar-refractivity contribution in [1.82, 2.24) is 0 Å². The lowest BCUT2D eigenvalue weighted by atomic mass is 9.80. The van der Waals surface area contributed by atoms with E-state index < -0.39 is 5.60 Å². The Morgan fingerprint density at radius 3 is 1.39 bits per heavy atom. The molecule has 0 saturated heterocycles. The first-order chi connectivity index (χ1) is 16.3. The van der Waals surface area contributed by atoms with Crippen molar-refractivity contribution < 1.29 is 14.3 Å². The van der Waals surface area contributed by atoms with Crippen LogP contribution >= 0.6 is 0 Å². The minimum absolute atomic E-state index is 0.288. The molecule has 0 atom stereocenters. The van der Waals surface area contributed by atoms with Gasteiger partial charge in [0, 0.05) is 6.61 Å². The fraction of sp³-hybridized carbons (Fsp3) is 0.167. The molecule has 0 fully saturated rings. The summed E-state index contributed by atoms with van der Waals surface area (Å²) in [4.78, 5) is 12.1. The predicted octanol–water partition coefficient (Wildman–Crippen LogP) is 6.63. The fourth-order valence-electron chi connectivity index (χ4n) is 4.02. The van der Waals surface area contributed by atoms with Crippen LogP contribution in [-0.4, -0.2) is 19.2 Å². The molecular weight excluding hydrogens is 408 g/mol. The van der Waals surface area contributed by atoms with E-state index in [0.29, 0.717) is 18.8 Å². The monoisotopic (exact) mass is 436 g/mol. The van der Waals surface area contributed by atoms with Gasteiger partial charge in [-0.05, 0) is 41.7 Å². The molecule has 0 aliphatic heterocycles. The van der Waals surface area contributed by atoms with Gasteiger partial charge in [0.15, 0.2) is 0 Å². The molecule has 3 nitrogen and oxygen atoms in total. The van der Waals surface area contributed by atoms with E-state index in [2.05, 4.69) is 36.4 Å². The van der Waals surface area contributed by atoms with Gasteiger partial charge in [0.05, 0.1) is 12.2 Å². The Balaban J connectivity index is 1.48. The third-order valence-electron chi connectivity index (χ3n) is 5.64. The maximum Gasteiger partial charge on any atom is 0.338 e. The van der Waals surface area contributed by atoms with Gasteiger partial charge < -0.3 is 9.47 Å². The van der Waals surface area contributed by atoms with Gasteiger partial charge >= 0.3 is 5.97 Å². The number of benzene rings is 4. The average Bonchev–Trinajstić information content (AvgIpc) is 2.90. The van der Waals surface area contributed by atoms with E-state index in [9.17, 15) is 4.79 Å². The second-order valence-electron chi connectivity index (χ2n) is 7.84. The van der Waals surface area contributed by atoms with Crippen molar-refractivity contribution in [2.75, 3.05) is 13.2 Å². The molecule has 0 aliphatic rings. The molecule has 4 aromatic rings. The van der Waals surface area contributed by atoms with Crippen molar-refractivity contribution >= 4 is 5.97 Å². The quantitative estimate of drug-likeness (QED) is 0.159. The number of unbranched alkanes of at least 4 members (excludes halogenated alkanes) is 1. The van der Waals surface area contributed by atoms with Crippen LogP contribution in [0.5, 0.6) is 0 Å². The molecule has 0 aliphatic carbocycles. The van der Waals surface area contributed by atoms with Crippen molar-refractivity contribution in [3.05, 3.63) is 144 Å². The number of rotatable bonds is 10. The zero-order valence-corrected chi connectivity index (χ0v) is 18.6. The first-order valence-corrected chi connectivity index (χ1v) is 11.3. The maximum atomic E-state index is 12.1. The van der Waals surface area contributed by atoms with Crippen molar-refractivity contribution in [2.45, 2.75) is 18.4 Å². The van der Waals surface area contributed by atoms with Gasteiger partial charge in [-0.3, -0.25) is 0 Å². The van der Waals surface area contributed by atoms with Crippen LogP contribution < -0.4 is 0 Å². The summed E-state index contributed by atoms with van der Waals surface area (Å²) in [6.07, 6.45) is 1.50. The lowest BCUT2D eigenvalue weighted by molar-refractivity contribution is 0.00762. The van der Waals surface area contributed by atoms with E-state index in [-0.39, 0.29) is 5.97 Å². The van der Waals surface area contributed by atoms with Crippen molar-refractivity contribution in [2.24, 2.45) is 0 Å². The van der Waals surface area contributed by atoms with E-state index in [1.165, 1.54) is 0 Å². The third-order valence-corrected chi connectivity index (χ3v) is 5.64. The van der Waals surface area contributed by atoms with E-state index in [4.69, 9.17) is 9.47 Å². The summed E-state index contributed by atoms with van der Waals surface area (Å²) in [7, 11) is 0. The summed E-state index contributed by atoms with van der Waals surface area (Å²) < 4.78 is 12.2. The van der Waals surface area contributed by atoms with Gasteiger partial charge in [-0.15, -0.1) is 0 Å². The Kier molecular flexibility index (Phi) is 7.68. The van der Waals surface area contributed by atoms with Gasteiger partial charge in [0.2, 0.25) is 0 Å². The molecule has 0 heterocycles. The smallest absolute Gasteiger partial charge is 0.338 e. The van der Waals surface area contributed by atoms with Crippen LogP contribution in [0.3, 0.4) is 0 Å². The topological polar surface area (TPSA) is 35.5 Å². The highest BCUT2D eigenvalue weighted by atomic mass is 16.5. The summed E-state index contributed by atoms with van der Waals surface area (Å²) in [6.45, 7) is 0.896. The zero-order chi connectivity index (χ0) is 22.8. The number of carbonyl (C=O) groups excluding carboxylic acids is 1. The summed E-state index contributed by atoms with van der Waals surface area (Å²) >= 11 is 0. The molecule has 0 unspecified atom stereocenters. The van der Waals surface area contributed by atoms with Gasteiger partial charge in [-0.25, -0.2) is 4.79 Å². The van der Waals surface area contributed by atoms with Crippen LogP contribution in [0.15, 0.2) is 121 Å². The SMILES string of the molecule is O=C(OCCCCOC(c1ccccc1)(c1ccccc1)c1ccccc1)c1ccccc1. The Morgan fingerprint density at radius 2 is 0.939 bits per heavy atom. The molecule has 4 rings (SSSR count). The number of esters is 1. The van der Waals surface area contributed by atoms with Crippen LogP contribution in [0.1, 0.15) is 39.9 Å². The largest absolute Gasteiger partial charge is 0.462 e. The van der Waals surface area contributed by atoms with Gasteiger partial charge in [-0.1, -0.05) is 109 Å². The highest BCUT2D eigenvalue weighted by molar-refractivity contribution is 5.89. The average molecular weight is 437 g/mol. The first kappa shape index (κ1) is 22.5. The normalized spacial score (nSPS) is 11.2. The number of carbonyl (C=O) groups is 1. The maximum absolute atomic E-state index is 12.1. The molecular formula is C30H28O3. The molecule has 3 heteroatoms. The summed E-state index contributed by atoms with van der Waals surface area (Å²) in [5.74, 6) is -0.288. The highest BCUT2D eigenvalue weighted by Crippen LogP contribution is 2.40. The van der Waals surface area contributed by atoms with Crippen molar-refractivity contribution in [3.8, 4) is 0 Å². The molecule has 0 amide bonds. The van der Waals surface area contributed by atoms with E-state index in [1.807, 2.05) is 72.8 Å². The predicted molar refractivity (Wildman–Crippen MR) is 131 cm³/mol. The van der Waals surface area contributed by atoms with Crippen LogP contribution in [-0.2, 0) is 15.1 Å². The summed E-state index contributed by atoms with van der Waals surface area (Å²) in [6, 6.07) is 40.1. The first-order valence-electron chi connectivity index (χ1n) is 11.3. The number of hydrogen-bond acceptors (Lipinski definition) is 3. The molecule has 166 valence electrons. The van der Waals surface area contributed by atoms with Crippen LogP contribution in [0.4, 0.5) is 0 Å². The summed E-state index contributed by atoms with van der Waals surface area (Å²) in [5, 5.41) is 0. The summed E-state index contributed by atoms with van der Waals surface area (Å²) in [5.41, 5.74) is 3.10. The molecule has 0 radical (unpaired) electrons. The van der Waals surface area contributed by atoms with Crippen LogP contribution in [0.25, 0.3) is 0 Å². The molecule has 0 spiro atoms. The molecule has 33 heavy (non-hydrogen) atoms. The van der Waals surface area contributed by atoms with E-state index in [1.54, 1.807) is 12.1 Å². The van der Waals surface area contributed by atoms with Gasteiger partial charge in [0.25, 0.3) is 0 Å². The minimum atomic E-state index is -0.718. The Bertz CT molecular complexity index is 1010. The molecule has 4 aromatic carbocycles. The van der Waals surface area contributed by atoms with E-state index in [0.717, 1.165) is 29.5 Å². The molecule has 0 bridgehead atoms. The third kappa shape index (κ3) is 5.39. The van der Waals surface area contributed by atoms with Gasteiger partial charge in [-0.2, -0.15) is 0 Å². The Hall–Kier alpha value is -3.69. The van der Waals surface area contributed by atoms with Crippen molar-refractivity contribution in [3.63, 3.8) is 0 Å². The zero-order valence-electron chi connectivity index (χ0n) is 18.6. The molecule has 0 N–H and O–H groups in total. The van der Waals surface area contributed by atoms with Crippen molar-refractivity contribution in [1.29, 1.82) is 0 Å². The number of ether oxygens (including phenoxy) is 2. The Morgan fingerprint density at radius 1 is 0.545 bits per heavy atom. The minimum Gasteiger partial charge on any atom is -0.462 e. The molecule has 0 aromatic heterocycles. The van der Waals surface area contributed by atoms with Crippen LogP contribution in [0, 0.1) is 0 Å². The number of hydrogen-bond donors (Lipinski definition) is 0. The second-order valence-corrected chi connectivity index (χ2v) is 7.84. The standard InChI is InChI=1S/C30H28O3/c31-29(25-15-5-1-6-16-25)32-23-13-14-24-33-30(26-17-7-2-8-18-26,27-19-9-3-10-20-27)28-21-11-4-12-22-28/h1-12,15-22H,13-14,23-24H2. The van der Waals surface area contributed by atoms with E-state index >= 15 is 0 Å². The lowest BCUT2D eigenvalue weighted by Crippen LogP contribution is -2.33. The second kappa shape index (κ2) is 11.3. The lowest BCUT2D eigenvalue weighted by Gasteiger charge is -2.36. The Labute approximate surface area is 195 Å². The highest BCUT2D eigenvalue weighted by Gasteiger charge is 2.37. The van der Waals surface area contributed by atoms with Gasteiger partial charge in [0.1, 0.15) is 5.60 Å².